The summed E-state index contributed by atoms with van der Waals surface area (Å²) >= 11 is 0. The van der Waals surface area contributed by atoms with E-state index in [0.29, 0.717) is 19.8 Å². The number of rotatable bonds is 5. The number of alkyl halides is 3. The molecule has 1 aromatic carbocycles. The highest BCUT2D eigenvalue weighted by Crippen LogP contribution is 2.34. The van der Waals surface area contributed by atoms with Gasteiger partial charge in [0.15, 0.2) is 5.69 Å². The molecule has 2 fully saturated rings. The summed E-state index contributed by atoms with van der Waals surface area (Å²) in [5.74, 6) is -0.00399. The van der Waals surface area contributed by atoms with Crippen molar-refractivity contribution in [1.82, 2.24) is 19.9 Å². The SMILES string of the molecule is O=C(c1cn(-c2ccccc2C(F)(F)F)nn1)N(C[C@H]1CCOC1)C1CC1. The van der Waals surface area contributed by atoms with E-state index in [0.717, 1.165) is 30.0 Å². The van der Waals surface area contributed by atoms with Crippen LogP contribution < -0.4 is 0 Å². The lowest BCUT2D eigenvalue weighted by molar-refractivity contribution is -0.137. The van der Waals surface area contributed by atoms with E-state index in [1.807, 2.05) is 0 Å². The standard InChI is InChI=1S/C18H19F3N4O2/c19-18(20,21)14-3-1-2-4-16(14)25-10-15(22-23-25)17(26)24(13-5-6-13)9-12-7-8-27-11-12/h1-4,10,12-13H,5-9,11H2/t12-/m1/s1. The van der Waals surface area contributed by atoms with Crippen molar-refractivity contribution in [3.63, 3.8) is 0 Å². The topological polar surface area (TPSA) is 60.2 Å². The van der Waals surface area contributed by atoms with Crippen molar-refractivity contribution in [2.24, 2.45) is 5.92 Å². The van der Waals surface area contributed by atoms with E-state index in [1.54, 1.807) is 4.90 Å². The number of carbonyl (C=O) groups is 1. The minimum atomic E-state index is -4.52. The minimum absolute atomic E-state index is 0.0535. The van der Waals surface area contributed by atoms with Crippen molar-refractivity contribution < 1.29 is 22.7 Å². The van der Waals surface area contributed by atoms with Gasteiger partial charge in [0, 0.05) is 25.1 Å². The molecule has 0 unspecified atom stereocenters. The first-order chi connectivity index (χ1) is 12.9. The molecule has 1 atom stereocenters. The summed E-state index contributed by atoms with van der Waals surface area (Å²) in [6.45, 7) is 1.90. The minimum Gasteiger partial charge on any atom is -0.381 e. The van der Waals surface area contributed by atoms with Crippen molar-refractivity contribution in [1.29, 1.82) is 0 Å². The molecule has 6 nitrogen and oxygen atoms in total. The van der Waals surface area contributed by atoms with E-state index >= 15 is 0 Å². The number of nitrogens with zero attached hydrogens (tertiary/aromatic N) is 4. The van der Waals surface area contributed by atoms with E-state index in [2.05, 4.69) is 10.3 Å². The lowest BCUT2D eigenvalue weighted by Gasteiger charge is -2.24. The number of amides is 1. The largest absolute Gasteiger partial charge is 0.418 e. The Hall–Kier alpha value is -2.42. The van der Waals surface area contributed by atoms with Gasteiger partial charge in [0.25, 0.3) is 5.91 Å². The Morgan fingerprint density at radius 1 is 1.26 bits per heavy atom. The number of hydrogen-bond donors (Lipinski definition) is 0. The number of halogens is 3. The van der Waals surface area contributed by atoms with E-state index in [4.69, 9.17) is 4.74 Å². The van der Waals surface area contributed by atoms with Crippen LogP contribution in [0, 0.1) is 5.92 Å². The zero-order valence-electron chi connectivity index (χ0n) is 14.5. The molecule has 27 heavy (non-hydrogen) atoms. The van der Waals surface area contributed by atoms with Gasteiger partial charge in [-0.05, 0) is 31.4 Å². The van der Waals surface area contributed by atoms with Gasteiger partial charge in [-0.25, -0.2) is 4.68 Å². The molecular formula is C18H19F3N4O2. The summed E-state index contributed by atoms with van der Waals surface area (Å²) in [4.78, 5) is 14.7. The zero-order valence-corrected chi connectivity index (χ0v) is 14.5. The quantitative estimate of drug-likeness (QED) is 0.800. The number of benzene rings is 1. The van der Waals surface area contributed by atoms with Gasteiger partial charge in [-0.3, -0.25) is 4.79 Å². The molecule has 4 rings (SSSR count). The average molecular weight is 380 g/mol. The van der Waals surface area contributed by atoms with Crippen LogP contribution >= 0.6 is 0 Å². The summed E-state index contributed by atoms with van der Waals surface area (Å²) in [5, 5.41) is 7.61. The fourth-order valence-corrected chi connectivity index (χ4v) is 3.33. The summed E-state index contributed by atoms with van der Waals surface area (Å²) in [5.41, 5.74) is -0.924. The highest BCUT2D eigenvalue weighted by Gasteiger charge is 2.37. The van der Waals surface area contributed by atoms with Gasteiger partial charge in [0.05, 0.1) is 24.1 Å². The maximum Gasteiger partial charge on any atom is 0.418 e. The molecule has 1 saturated carbocycles. The van der Waals surface area contributed by atoms with Crippen LogP contribution in [0.5, 0.6) is 0 Å². The Labute approximate surface area is 153 Å². The molecule has 144 valence electrons. The summed E-state index contributed by atoms with van der Waals surface area (Å²) < 4.78 is 46.0. The predicted octanol–water partition coefficient (Wildman–Crippen LogP) is 2.93. The number of para-hydroxylation sites is 1. The lowest BCUT2D eigenvalue weighted by Crippen LogP contribution is -2.37. The molecule has 0 bridgehead atoms. The summed E-state index contributed by atoms with van der Waals surface area (Å²) in [6, 6.07) is 5.26. The first-order valence-corrected chi connectivity index (χ1v) is 8.91. The van der Waals surface area contributed by atoms with Gasteiger partial charge in [0.1, 0.15) is 0 Å². The molecule has 1 aliphatic heterocycles. The molecule has 1 aliphatic carbocycles. The van der Waals surface area contributed by atoms with Crippen molar-refractivity contribution in [2.45, 2.75) is 31.5 Å². The molecule has 1 aromatic heterocycles. The van der Waals surface area contributed by atoms with Gasteiger partial charge in [-0.2, -0.15) is 13.2 Å². The fraction of sp³-hybridized carbons (Fsp3) is 0.500. The van der Waals surface area contributed by atoms with Gasteiger partial charge in [-0.15, -0.1) is 5.10 Å². The Kier molecular flexibility index (Phi) is 4.63. The first-order valence-electron chi connectivity index (χ1n) is 8.91. The molecule has 2 heterocycles. The highest BCUT2D eigenvalue weighted by atomic mass is 19.4. The number of hydrogen-bond acceptors (Lipinski definition) is 4. The van der Waals surface area contributed by atoms with Gasteiger partial charge < -0.3 is 9.64 Å². The van der Waals surface area contributed by atoms with E-state index < -0.39 is 11.7 Å². The second-order valence-corrected chi connectivity index (χ2v) is 6.98. The number of carbonyl (C=O) groups excluding carboxylic acids is 1. The third kappa shape index (κ3) is 3.83. The normalized spacial score (nSPS) is 20.0. The third-order valence-electron chi connectivity index (χ3n) is 4.90. The van der Waals surface area contributed by atoms with Gasteiger partial charge in [0.2, 0.25) is 0 Å². The molecule has 1 amide bonds. The Morgan fingerprint density at radius 3 is 2.70 bits per heavy atom. The van der Waals surface area contributed by atoms with E-state index in [9.17, 15) is 18.0 Å². The van der Waals surface area contributed by atoms with E-state index in [1.165, 1.54) is 24.4 Å². The second-order valence-electron chi connectivity index (χ2n) is 6.98. The molecule has 2 aliphatic rings. The number of ether oxygens (including phenoxy) is 1. The van der Waals surface area contributed by atoms with Crippen LogP contribution in [0.2, 0.25) is 0 Å². The van der Waals surface area contributed by atoms with Gasteiger partial charge in [-0.1, -0.05) is 17.3 Å². The summed E-state index contributed by atoms with van der Waals surface area (Å²) in [7, 11) is 0. The van der Waals surface area contributed by atoms with Crippen LogP contribution in [0.4, 0.5) is 13.2 Å². The lowest BCUT2D eigenvalue weighted by atomic mass is 10.1. The average Bonchev–Trinajstić information content (AvgIpc) is 3.15. The van der Waals surface area contributed by atoms with E-state index in [-0.39, 0.29) is 29.2 Å². The highest BCUT2D eigenvalue weighted by molar-refractivity contribution is 5.92. The second kappa shape index (κ2) is 6.95. The predicted molar refractivity (Wildman–Crippen MR) is 89.3 cm³/mol. The Bertz CT molecular complexity index is 826. The molecule has 0 N–H and O–H groups in total. The number of aromatic nitrogens is 3. The van der Waals surface area contributed by atoms with Crippen LogP contribution in [-0.4, -0.2) is 51.6 Å². The van der Waals surface area contributed by atoms with Crippen molar-refractivity contribution in [3.05, 3.63) is 41.7 Å². The smallest absolute Gasteiger partial charge is 0.381 e. The van der Waals surface area contributed by atoms with Crippen LogP contribution in [0.1, 0.15) is 35.3 Å². The third-order valence-corrected chi connectivity index (χ3v) is 4.90. The molecular weight excluding hydrogens is 361 g/mol. The molecule has 1 saturated heterocycles. The molecule has 9 heteroatoms. The molecule has 0 radical (unpaired) electrons. The maximum absolute atomic E-state index is 13.2. The Morgan fingerprint density at radius 2 is 2.04 bits per heavy atom. The Balaban J connectivity index is 1.58. The van der Waals surface area contributed by atoms with Crippen molar-refractivity contribution in [3.8, 4) is 5.69 Å². The van der Waals surface area contributed by atoms with Crippen molar-refractivity contribution >= 4 is 5.91 Å². The first kappa shape index (κ1) is 18.0. The zero-order chi connectivity index (χ0) is 19.0. The molecule has 2 aromatic rings. The monoisotopic (exact) mass is 380 g/mol. The van der Waals surface area contributed by atoms with Crippen LogP contribution in [0.15, 0.2) is 30.5 Å². The van der Waals surface area contributed by atoms with Crippen LogP contribution in [0.25, 0.3) is 5.69 Å². The molecule has 0 spiro atoms. The fourth-order valence-electron chi connectivity index (χ4n) is 3.33. The van der Waals surface area contributed by atoms with Crippen molar-refractivity contribution in [2.75, 3.05) is 19.8 Å². The maximum atomic E-state index is 13.2. The van der Waals surface area contributed by atoms with Crippen LogP contribution in [-0.2, 0) is 10.9 Å². The van der Waals surface area contributed by atoms with Gasteiger partial charge >= 0.3 is 6.18 Å². The summed E-state index contributed by atoms with van der Waals surface area (Å²) in [6.07, 6.45) is -0.473. The van der Waals surface area contributed by atoms with Crippen LogP contribution in [0.3, 0.4) is 0 Å².